The Morgan fingerprint density at radius 1 is 1.39 bits per heavy atom. The number of aryl methyl sites for hydroxylation is 2. The lowest BCUT2D eigenvalue weighted by Gasteiger charge is -2.23. The summed E-state index contributed by atoms with van der Waals surface area (Å²) < 4.78 is 0. The molecular formula is C14H25N3S. The molecule has 0 spiro atoms. The summed E-state index contributed by atoms with van der Waals surface area (Å²) >= 11 is 1.82. The molecule has 18 heavy (non-hydrogen) atoms. The summed E-state index contributed by atoms with van der Waals surface area (Å²) in [5, 5.41) is 8.25. The molecule has 2 rings (SSSR count). The first-order chi connectivity index (χ1) is 8.66. The maximum atomic E-state index is 4.50. The van der Waals surface area contributed by atoms with E-state index in [9.17, 15) is 0 Å². The average molecular weight is 267 g/mol. The number of piperidine rings is 1. The molecule has 1 aliphatic rings. The fraction of sp³-hybridized carbons (Fsp3) is 0.786. The van der Waals surface area contributed by atoms with Crippen molar-refractivity contribution < 1.29 is 0 Å². The van der Waals surface area contributed by atoms with Gasteiger partial charge in [-0.15, -0.1) is 11.3 Å². The Morgan fingerprint density at radius 2 is 2.11 bits per heavy atom. The van der Waals surface area contributed by atoms with Gasteiger partial charge in [-0.05, 0) is 65.6 Å². The van der Waals surface area contributed by atoms with Crippen LogP contribution in [0.15, 0.2) is 0 Å². The molecule has 102 valence electrons. The van der Waals surface area contributed by atoms with Gasteiger partial charge in [0.05, 0.1) is 10.7 Å². The first kappa shape index (κ1) is 14.0. The maximum Gasteiger partial charge on any atom is 0.0900 e. The Morgan fingerprint density at radius 3 is 2.72 bits per heavy atom. The fourth-order valence-electron chi connectivity index (χ4n) is 2.72. The van der Waals surface area contributed by atoms with Crippen LogP contribution >= 0.6 is 11.3 Å². The van der Waals surface area contributed by atoms with Crippen LogP contribution in [0, 0.1) is 19.8 Å². The molecule has 1 saturated heterocycles. The Labute approximate surface area is 114 Å². The predicted molar refractivity (Wildman–Crippen MR) is 78.2 cm³/mol. The molecule has 0 radical (unpaired) electrons. The van der Waals surface area contributed by atoms with Gasteiger partial charge < -0.3 is 10.6 Å². The van der Waals surface area contributed by atoms with Crippen LogP contribution in [0.5, 0.6) is 0 Å². The van der Waals surface area contributed by atoms with E-state index in [0.29, 0.717) is 6.04 Å². The molecule has 2 heterocycles. The van der Waals surface area contributed by atoms with Crippen LogP contribution in [-0.4, -0.2) is 24.6 Å². The largest absolute Gasteiger partial charge is 0.317 e. The topological polar surface area (TPSA) is 37.0 Å². The third-order valence-corrected chi connectivity index (χ3v) is 5.05. The van der Waals surface area contributed by atoms with Gasteiger partial charge in [0, 0.05) is 10.9 Å². The van der Waals surface area contributed by atoms with Crippen LogP contribution < -0.4 is 10.6 Å². The number of aromatic nitrogens is 1. The normalized spacial score (nSPS) is 19.1. The van der Waals surface area contributed by atoms with Crippen molar-refractivity contribution >= 4 is 11.3 Å². The van der Waals surface area contributed by atoms with Crippen molar-refractivity contribution in [2.75, 3.05) is 19.6 Å². The molecular weight excluding hydrogens is 242 g/mol. The molecule has 0 saturated carbocycles. The van der Waals surface area contributed by atoms with E-state index < -0.39 is 0 Å². The predicted octanol–water partition coefficient (Wildman–Crippen LogP) is 2.80. The average Bonchev–Trinajstić information content (AvgIpc) is 2.70. The molecule has 1 atom stereocenters. The molecule has 3 nitrogen and oxygen atoms in total. The second-order valence-corrected chi connectivity index (χ2v) is 6.58. The minimum absolute atomic E-state index is 0.443. The van der Waals surface area contributed by atoms with E-state index in [2.05, 4.69) is 36.4 Å². The zero-order valence-electron chi connectivity index (χ0n) is 11.8. The van der Waals surface area contributed by atoms with E-state index in [4.69, 9.17) is 0 Å². The summed E-state index contributed by atoms with van der Waals surface area (Å²) in [6.45, 7) is 9.98. The van der Waals surface area contributed by atoms with Crippen LogP contribution in [0.1, 0.15) is 47.8 Å². The summed E-state index contributed by atoms with van der Waals surface area (Å²) in [6.07, 6.45) is 3.99. The zero-order chi connectivity index (χ0) is 13.0. The van der Waals surface area contributed by atoms with Crippen LogP contribution in [-0.2, 0) is 0 Å². The molecule has 0 aromatic carbocycles. The SMILES string of the molecule is Cc1nc(C)c(C(C)NCCC2CCNCC2)s1. The van der Waals surface area contributed by atoms with Gasteiger partial charge in [-0.25, -0.2) is 4.98 Å². The molecule has 1 aliphatic heterocycles. The van der Waals surface area contributed by atoms with Gasteiger partial charge in [0.15, 0.2) is 0 Å². The van der Waals surface area contributed by atoms with E-state index in [-0.39, 0.29) is 0 Å². The summed E-state index contributed by atoms with van der Waals surface area (Å²) in [5.74, 6) is 0.912. The summed E-state index contributed by atoms with van der Waals surface area (Å²) in [4.78, 5) is 5.90. The second-order valence-electron chi connectivity index (χ2n) is 5.34. The van der Waals surface area contributed by atoms with Crippen LogP contribution in [0.25, 0.3) is 0 Å². The lowest BCUT2D eigenvalue weighted by molar-refractivity contribution is 0.343. The monoisotopic (exact) mass is 267 g/mol. The third kappa shape index (κ3) is 3.77. The molecule has 0 bridgehead atoms. The highest BCUT2D eigenvalue weighted by atomic mass is 32.1. The van der Waals surface area contributed by atoms with Crippen molar-refractivity contribution in [3.05, 3.63) is 15.6 Å². The van der Waals surface area contributed by atoms with Gasteiger partial charge in [0.2, 0.25) is 0 Å². The quantitative estimate of drug-likeness (QED) is 0.861. The van der Waals surface area contributed by atoms with Crippen molar-refractivity contribution in [1.29, 1.82) is 0 Å². The molecule has 1 aromatic heterocycles. The van der Waals surface area contributed by atoms with Gasteiger partial charge in [-0.2, -0.15) is 0 Å². The minimum atomic E-state index is 0.443. The first-order valence-electron chi connectivity index (χ1n) is 7.05. The lowest BCUT2D eigenvalue weighted by Crippen LogP contribution is -2.30. The highest BCUT2D eigenvalue weighted by molar-refractivity contribution is 7.11. The first-order valence-corrected chi connectivity index (χ1v) is 7.86. The molecule has 1 unspecified atom stereocenters. The third-order valence-electron chi connectivity index (χ3n) is 3.79. The van der Waals surface area contributed by atoms with Crippen molar-refractivity contribution in [2.45, 2.75) is 46.1 Å². The van der Waals surface area contributed by atoms with Crippen LogP contribution in [0.2, 0.25) is 0 Å². The number of rotatable bonds is 5. The van der Waals surface area contributed by atoms with Gasteiger partial charge in [0.25, 0.3) is 0 Å². The molecule has 1 aromatic rings. The smallest absolute Gasteiger partial charge is 0.0900 e. The maximum absolute atomic E-state index is 4.50. The molecule has 1 fully saturated rings. The highest BCUT2D eigenvalue weighted by Gasteiger charge is 2.15. The summed E-state index contributed by atoms with van der Waals surface area (Å²) in [6, 6.07) is 0.443. The summed E-state index contributed by atoms with van der Waals surface area (Å²) in [7, 11) is 0. The minimum Gasteiger partial charge on any atom is -0.317 e. The second kappa shape index (κ2) is 6.64. The highest BCUT2D eigenvalue weighted by Crippen LogP contribution is 2.24. The van der Waals surface area contributed by atoms with E-state index >= 15 is 0 Å². The van der Waals surface area contributed by atoms with E-state index in [1.54, 1.807) is 0 Å². The van der Waals surface area contributed by atoms with Gasteiger partial charge in [-0.1, -0.05) is 0 Å². The van der Waals surface area contributed by atoms with Crippen LogP contribution in [0.4, 0.5) is 0 Å². The Balaban J connectivity index is 1.74. The fourth-order valence-corrected chi connectivity index (χ4v) is 3.67. The Kier molecular flexibility index (Phi) is 5.15. The number of nitrogens with one attached hydrogen (secondary N) is 2. The van der Waals surface area contributed by atoms with Crippen molar-refractivity contribution in [2.24, 2.45) is 5.92 Å². The van der Waals surface area contributed by atoms with Crippen molar-refractivity contribution in [1.82, 2.24) is 15.6 Å². The van der Waals surface area contributed by atoms with Crippen molar-refractivity contribution in [3.8, 4) is 0 Å². The molecule has 4 heteroatoms. The Hall–Kier alpha value is -0.450. The molecule has 2 N–H and O–H groups in total. The van der Waals surface area contributed by atoms with E-state index in [0.717, 1.165) is 12.5 Å². The number of nitrogens with zero attached hydrogens (tertiary/aromatic N) is 1. The summed E-state index contributed by atoms with van der Waals surface area (Å²) in [5.41, 5.74) is 1.19. The van der Waals surface area contributed by atoms with Gasteiger partial charge in [0.1, 0.15) is 0 Å². The van der Waals surface area contributed by atoms with Gasteiger partial charge >= 0.3 is 0 Å². The van der Waals surface area contributed by atoms with E-state index in [1.807, 2.05) is 11.3 Å². The van der Waals surface area contributed by atoms with Crippen LogP contribution in [0.3, 0.4) is 0 Å². The molecule has 0 aliphatic carbocycles. The molecule has 0 amide bonds. The van der Waals surface area contributed by atoms with E-state index in [1.165, 1.54) is 47.9 Å². The number of hydrogen-bond donors (Lipinski definition) is 2. The van der Waals surface area contributed by atoms with Gasteiger partial charge in [-0.3, -0.25) is 0 Å². The number of thiazole rings is 1. The number of hydrogen-bond acceptors (Lipinski definition) is 4. The standard InChI is InChI=1S/C14H25N3S/c1-10(14-11(2)17-12(3)18-14)16-9-6-13-4-7-15-8-5-13/h10,13,15-16H,4-9H2,1-3H3. The zero-order valence-corrected chi connectivity index (χ0v) is 12.6. The Bertz CT molecular complexity index is 369. The lowest BCUT2D eigenvalue weighted by atomic mass is 9.94. The van der Waals surface area contributed by atoms with Crippen molar-refractivity contribution in [3.63, 3.8) is 0 Å².